The average Bonchev–Trinajstić information content (AvgIpc) is 2.09. The maximum absolute atomic E-state index is 10.8. The summed E-state index contributed by atoms with van der Waals surface area (Å²) in [7, 11) is 0. The monoisotopic (exact) mass is 325 g/mol. The van der Waals surface area contributed by atoms with Gasteiger partial charge in [-0.2, -0.15) is 0 Å². The van der Waals surface area contributed by atoms with Crippen molar-refractivity contribution in [2.24, 2.45) is 5.73 Å². The summed E-state index contributed by atoms with van der Waals surface area (Å²) in [6, 6.07) is 4.99. The van der Waals surface area contributed by atoms with Gasteiger partial charge in [-0.15, -0.1) is 0 Å². The molecule has 0 saturated carbocycles. The predicted molar refractivity (Wildman–Crippen MR) is 63.3 cm³/mol. The standard InChI is InChI=1S/C9H9ClINO2/c1-9(12,8(13)14)5-2-3-7(11)6(10)4-5/h2-4H,12H2,1H3,(H,13,14). The quantitative estimate of drug-likeness (QED) is 0.820. The van der Waals surface area contributed by atoms with Gasteiger partial charge in [0.25, 0.3) is 0 Å². The fourth-order valence-electron chi connectivity index (χ4n) is 0.943. The molecule has 0 radical (unpaired) electrons. The first-order valence-corrected chi connectivity index (χ1v) is 5.29. The van der Waals surface area contributed by atoms with Crippen LogP contribution in [0.4, 0.5) is 0 Å². The molecule has 0 heterocycles. The molecule has 1 unspecified atom stereocenters. The molecule has 0 fully saturated rings. The topological polar surface area (TPSA) is 63.3 Å². The van der Waals surface area contributed by atoms with Crippen molar-refractivity contribution in [3.63, 3.8) is 0 Å². The van der Waals surface area contributed by atoms with Crippen molar-refractivity contribution in [2.45, 2.75) is 12.5 Å². The molecule has 0 aromatic heterocycles. The molecule has 76 valence electrons. The lowest BCUT2D eigenvalue weighted by Gasteiger charge is -2.19. The van der Waals surface area contributed by atoms with E-state index in [-0.39, 0.29) is 0 Å². The van der Waals surface area contributed by atoms with E-state index in [9.17, 15) is 4.79 Å². The normalized spacial score (nSPS) is 14.9. The van der Waals surface area contributed by atoms with Gasteiger partial charge in [0, 0.05) is 3.57 Å². The van der Waals surface area contributed by atoms with Crippen LogP contribution in [0.15, 0.2) is 18.2 Å². The third kappa shape index (κ3) is 2.18. The van der Waals surface area contributed by atoms with E-state index >= 15 is 0 Å². The minimum atomic E-state index is -1.39. The molecular formula is C9H9ClINO2. The third-order valence-corrected chi connectivity index (χ3v) is 3.54. The van der Waals surface area contributed by atoms with E-state index in [1.807, 2.05) is 0 Å². The van der Waals surface area contributed by atoms with Crippen LogP contribution in [0.1, 0.15) is 12.5 Å². The van der Waals surface area contributed by atoms with E-state index < -0.39 is 11.5 Å². The minimum absolute atomic E-state index is 0.496. The Morgan fingerprint density at radius 1 is 1.64 bits per heavy atom. The van der Waals surface area contributed by atoms with Crippen LogP contribution in [-0.4, -0.2) is 11.1 Å². The maximum Gasteiger partial charge on any atom is 0.328 e. The predicted octanol–water partition coefficient (Wildman–Crippen LogP) is 2.20. The van der Waals surface area contributed by atoms with Crippen molar-refractivity contribution in [1.29, 1.82) is 0 Å². The number of aliphatic carboxylic acids is 1. The Bertz CT molecular complexity index is 379. The summed E-state index contributed by atoms with van der Waals surface area (Å²) in [6.45, 7) is 1.44. The number of benzene rings is 1. The first-order valence-electron chi connectivity index (χ1n) is 3.83. The van der Waals surface area contributed by atoms with Crippen LogP contribution in [0.25, 0.3) is 0 Å². The van der Waals surface area contributed by atoms with Crippen molar-refractivity contribution < 1.29 is 9.90 Å². The summed E-state index contributed by atoms with van der Waals surface area (Å²) in [6.07, 6.45) is 0. The third-order valence-electron chi connectivity index (χ3n) is 1.96. The van der Waals surface area contributed by atoms with E-state index in [0.29, 0.717) is 10.6 Å². The van der Waals surface area contributed by atoms with Crippen LogP contribution in [0.2, 0.25) is 5.02 Å². The van der Waals surface area contributed by atoms with Gasteiger partial charge in [0.1, 0.15) is 5.54 Å². The van der Waals surface area contributed by atoms with Gasteiger partial charge in [-0.1, -0.05) is 17.7 Å². The molecule has 0 aliphatic rings. The van der Waals surface area contributed by atoms with Gasteiger partial charge >= 0.3 is 5.97 Å². The molecular weight excluding hydrogens is 316 g/mol. The van der Waals surface area contributed by atoms with Crippen molar-refractivity contribution in [2.75, 3.05) is 0 Å². The number of carbonyl (C=O) groups is 1. The Balaban J connectivity index is 3.21. The largest absolute Gasteiger partial charge is 0.480 e. The molecule has 1 aromatic carbocycles. The summed E-state index contributed by atoms with van der Waals surface area (Å²) in [5.41, 5.74) is 4.74. The van der Waals surface area contributed by atoms with Crippen LogP contribution < -0.4 is 5.73 Å². The van der Waals surface area contributed by atoms with Crippen molar-refractivity contribution in [3.8, 4) is 0 Å². The number of carboxylic acid groups (broad SMARTS) is 1. The van der Waals surface area contributed by atoms with E-state index in [2.05, 4.69) is 22.6 Å². The van der Waals surface area contributed by atoms with Crippen LogP contribution in [0.3, 0.4) is 0 Å². The van der Waals surface area contributed by atoms with Gasteiger partial charge in [0.05, 0.1) is 5.02 Å². The highest BCUT2D eigenvalue weighted by atomic mass is 127. The van der Waals surface area contributed by atoms with Gasteiger partial charge in [-0.3, -0.25) is 0 Å². The highest BCUT2D eigenvalue weighted by Crippen LogP contribution is 2.25. The summed E-state index contributed by atoms with van der Waals surface area (Å²) >= 11 is 7.93. The van der Waals surface area contributed by atoms with Gasteiger partial charge < -0.3 is 10.8 Å². The molecule has 5 heteroatoms. The lowest BCUT2D eigenvalue weighted by molar-refractivity contribution is -0.143. The molecule has 14 heavy (non-hydrogen) atoms. The zero-order valence-electron chi connectivity index (χ0n) is 7.42. The molecule has 1 rings (SSSR count). The van der Waals surface area contributed by atoms with Gasteiger partial charge in [0.2, 0.25) is 0 Å². The number of halogens is 2. The van der Waals surface area contributed by atoms with E-state index in [1.54, 1.807) is 18.2 Å². The SMILES string of the molecule is CC(N)(C(=O)O)c1ccc(I)c(Cl)c1. The highest BCUT2D eigenvalue weighted by molar-refractivity contribution is 14.1. The summed E-state index contributed by atoms with van der Waals surface area (Å²) in [5.74, 6) is -1.07. The number of nitrogens with two attached hydrogens (primary N) is 1. The first kappa shape index (κ1) is 11.7. The van der Waals surface area contributed by atoms with Crippen LogP contribution in [0, 0.1) is 3.57 Å². The average molecular weight is 326 g/mol. The zero-order chi connectivity index (χ0) is 10.9. The first-order chi connectivity index (χ1) is 6.35. The Hall–Kier alpha value is -0.330. The number of carboxylic acids is 1. The summed E-state index contributed by atoms with van der Waals surface area (Å²) in [5, 5.41) is 9.40. The van der Waals surface area contributed by atoms with Gasteiger partial charge in [-0.05, 0) is 47.2 Å². The molecule has 0 bridgehead atoms. The van der Waals surface area contributed by atoms with Gasteiger partial charge in [-0.25, -0.2) is 4.79 Å². The van der Waals surface area contributed by atoms with Crippen LogP contribution in [-0.2, 0) is 10.3 Å². The van der Waals surface area contributed by atoms with Crippen molar-refractivity contribution in [1.82, 2.24) is 0 Å². The summed E-state index contributed by atoms with van der Waals surface area (Å²) in [4.78, 5) is 10.8. The van der Waals surface area contributed by atoms with E-state index in [1.165, 1.54) is 6.92 Å². The Morgan fingerprint density at radius 3 is 2.64 bits per heavy atom. The van der Waals surface area contributed by atoms with Gasteiger partial charge in [0.15, 0.2) is 0 Å². The molecule has 0 aliphatic heterocycles. The van der Waals surface area contributed by atoms with Crippen LogP contribution in [0.5, 0.6) is 0 Å². The second kappa shape index (κ2) is 4.04. The Labute approximate surface area is 100 Å². The molecule has 1 atom stereocenters. The lowest BCUT2D eigenvalue weighted by Crippen LogP contribution is -2.41. The molecule has 0 amide bonds. The van der Waals surface area contributed by atoms with Crippen LogP contribution >= 0.6 is 34.2 Å². The molecule has 3 nitrogen and oxygen atoms in total. The number of hydrogen-bond donors (Lipinski definition) is 2. The number of rotatable bonds is 2. The van der Waals surface area contributed by atoms with E-state index in [0.717, 1.165) is 3.57 Å². The van der Waals surface area contributed by atoms with Crippen molar-refractivity contribution >= 4 is 40.2 Å². The fraction of sp³-hybridized carbons (Fsp3) is 0.222. The Kier molecular flexibility index (Phi) is 3.39. The maximum atomic E-state index is 10.8. The molecule has 3 N–H and O–H groups in total. The fourth-order valence-corrected chi connectivity index (χ4v) is 1.46. The molecule has 0 aliphatic carbocycles. The molecule has 0 spiro atoms. The molecule has 1 aromatic rings. The highest BCUT2D eigenvalue weighted by Gasteiger charge is 2.30. The van der Waals surface area contributed by atoms with E-state index in [4.69, 9.17) is 22.4 Å². The lowest BCUT2D eigenvalue weighted by atomic mass is 9.94. The van der Waals surface area contributed by atoms with Crippen molar-refractivity contribution in [3.05, 3.63) is 32.4 Å². The number of hydrogen-bond acceptors (Lipinski definition) is 2. The smallest absolute Gasteiger partial charge is 0.328 e. The Morgan fingerprint density at radius 2 is 2.21 bits per heavy atom. The minimum Gasteiger partial charge on any atom is -0.480 e. The molecule has 0 saturated heterocycles. The second-order valence-electron chi connectivity index (χ2n) is 3.14. The summed E-state index contributed by atoms with van der Waals surface area (Å²) < 4.78 is 0.870. The second-order valence-corrected chi connectivity index (χ2v) is 4.71. The zero-order valence-corrected chi connectivity index (χ0v) is 10.3.